The van der Waals surface area contributed by atoms with Crippen LogP contribution in [0, 0.1) is 5.82 Å². The molecule has 1 N–H and O–H groups in total. The van der Waals surface area contributed by atoms with Gasteiger partial charge in [0.15, 0.2) is 0 Å². The predicted molar refractivity (Wildman–Crippen MR) is 83.8 cm³/mol. The lowest BCUT2D eigenvalue weighted by Gasteiger charge is -2.16. The molecule has 110 valence electrons. The molecule has 0 fully saturated rings. The van der Waals surface area contributed by atoms with Crippen LogP contribution in [-0.2, 0) is 6.54 Å². The Morgan fingerprint density at radius 3 is 2.67 bits per heavy atom. The van der Waals surface area contributed by atoms with E-state index in [9.17, 15) is 4.39 Å². The van der Waals surface area contributed by atoms with Crippen LogP contribution in [-0.4, -0.2) is 6.61 Å². The van der Waals surface area contributed by atoms with E-state index in [0.29, 0.717) is 18.7 Å². The molecular weight excluding hydrogens is 265 g/mol. The van der Waals surface area contributed by atoms with Gasteiger partial charge in [-0.25, -0.2) is 4.39 Å². The second-order valence-electron chi connectivity index (χ2n) is 4.83. The van der Waals surface area contributed by atoms with Crippen LogP contribution in [0.3, 0.4) is 0 Å². The van der Waals surface area contributed by atoms with Crippen LogP contribution in [0.1, 0.15) is 24.1 Å². The Bertz CT molecular complexity index is 597. The van der Waals surface area contributed by atoms with Crippen molar-refractivity contribution in [2.24, 2.45) is 0 Å². The highest BCUT2D eigenvalue weighted by Gasteiger charge is 2.10. The van der Waals surface area contributed by atoms with Crippen molar-refractivity contribution in [1.82, 2.24) is 5.32 Å². The first-order valence-corrected chi connectivity index (χ1v) is 7.01. The van der Waals surface area contributed by atoms with Gasteiger partial charge in [-0.1, -0.05) is 49.1 Å². The number of para-hydroxylation sites is 1. The van der Waals surface area contributed by atoms with E-state index in [0.717, 1.165) is 11.3 Å². The molecule has 2 aromatic carbocycles. The lowest BCUT2D eigenvalue weighted by atomic mass is 10.1. The molecule has 2 nitrogen and oxygen atoms in total. The zero-order valence-corrected chi connectivity index (χ0v) is 12.2. The van der Waals surface area contributed by atoms with Gasteiger partial charge in [-0.05, 0) is 19.1 Å². The maximum absolute atomic E-state index is 13.7. The highest BCUT2D eigenvalue weighted by molar-refractivity contribution is 5.33. The van der Waals surface area contributed by atoms with Gasteiger partial charge in [-0.2, -0.15) is 0 Å². The molecule has 1 unspecified atom stereocenters. The minimum atomic E-state index is -0.186. The Morgan fingerprint density at radius 1 is 1.19 bits per heavy atom. The van der Waals surface area contributed by atoms with Crippen LogP contribution >= 0.6 is 0 Å². The summed E-state index contributed by atoms with van der Waals surface area (Å²) >= 11 is 0. The highest BCUT2D eigenvalue weighted by Crippen LogP contribution is 2.21. The maximum atomic E-state index is 13.7. The molecule has 0 bridgehead atoms. The molecule has 3 heteroatoms. The van der Waals surface area contributed by atoms with Gasteiger partial charge >= 0.3 is 0 Å². The van der Waals surface area contributed by atoms with Gasteiger partial charge in [0.2, 0.25) is 0 Å². The van der Waals surface area contributed by atoms with Crippen molar-refractivity contribution in [3.8, 4) is 5.75 Å². The summed E-state index contributed by atoms with van der Waals surface area (Å²) in [5.74, 6) is 0.638. The fourth-order valence-electron chi connectivity index (χ4n) is 2.14. The minimum absolute atomic E-state index is 0.0707. The second kappa shape index (κ2) is 7.60. The summed E-state index contributed by atoms with van der Waals surface area (Å²) in [6, 6.07) is 14.6. The number of benzene rings is 2. The van der Waals surface area contributed by atoms with Crippen molar-refractivity contribution in [1.29, 1.82) is 0 Å². The number of halogens is 1. The molecular formula is C18H20FNO. The van der Waals surface area contributed by atoms with E-state index in [-0.39, 0.29) is 11.9 Å². The molecule has 2 rings (SSSR count). The van der Waals surface area contributed by atoms with Crippen LogP contribution in [0.5, 0.6) is 5.75 Å². The Balaban J connectivity index is 2.03. The van der Waals surface area contributed by atoms with Crippen LogP contribution < -0.4 is 10.1 Å². The zero-order chi connectivity index (χ0) is 15.1. The number of hydrogen-bond donors (Lipinski definition) is 1. The number of rotatable bonds is 7. The number of hydrogen-bond acceptors (Lipinski definition) is 2. The molecule has 1 atom stereocenters. The molecule has 0 amide bonds. The van der Waals surface area contributed by atoms with E-state index >= 15 is 0 Å². The quantitative estimate of drug-likeness (QED) is 0.768. The van der Waals surface area contributed by atoms with Gasteiger partial charge < -0.3 is 10.1 Å². The predicted octanol–water partition coefficient (Wildman–Crippen LogP) is 4.24. The lowest BCUT2D eigenvalue weighted by molar-refractivity contribution is 0.357. The SMILES string of the molecule is C=CCOc1ccccc1CNC(C)c1ccccc1F. The molecule has 0 heterocycles. The first-order valence-electron chi connectivity index (χ1n) is 7.01. The lowest BCUT2D eigenvalue weighted by Crippen LogP contribution is -2.19. The van der Waals surface area contributed by atoms with E-state index in [4.69, 9.17) is 4.74 Å². The van der Waals surface area contributed by atoms with Crippen LogP contribution in [0.4, 0.5) is 4.39 Å². The maximum Gasteiger partial charge on any atom is 0.127 e. The van der Waals surface area contributed by atoms with Crippen molar-refractivity contribution in [3.63, 3.8) is 0 Å². The van der Waals surface area contributed by atoms with Crippen molar-refractivity contribution in [3.05, 3.63) is 78.1 Å². The van der Waals surface area contributed by atoms with E-state index < -0.39 is 0 Å². The van der Waals surface area contributed by atoms with Crippen molar-refractivity contribution in [2.75, 3.05) is 6.61 Å². The molecule has 21 heavy (non-hydrogen) atoms. The molecule has 0 radical (unpaired) electrons. The fourth-order valence-corrected chi connectivity index (χ4v) is 2.14. The van der Waals surface area contributed by atoms with E-state index in [1.54, 1.807) is 18.2 Å². The molecule has 0 aliphatic rings. The van der Waals surface area contributed by atoms with Crippen molar-refractivity contribution < 1.29 is 9.13 Å². The average molecular weight is 285 g/mol. The first-order chi connectivity index (χ1) is 10.2. The summed E-state index contributed by atoms with van der Waals surface area (Å²) in [5.41, 5.74) is 1.71. The molecule has 0 saturated carbocycles. The molecule has 0 aliphatic carbocycles. The molecule has 0 aliphatic heterocycles. The topological polar surface area (TPSA) is 21.3 Å². The summed E-state index contributed by atoms with van der Waals surface area (Å²) < 4.78 is 19.4. The second-order valence-corrected chi connectivity index (χ2v) is 4.83. The third-order valence-electron chi connectivity index (χ3n) is 3.30. The normalized spacial score (nSPS) is 11.9. The largest absolute Gasteiger partial charge is 0.489 e. The minimum Gasteiger partial charge on any atom is -0.489 e. The monoisotopic (exact) mass is 285 g/mol. The average Bonchev–Trinajstić information content (AvgIpc) is 2.52. The summed E-state index contributed by atoms with van der Waals surface area (Å²) in [7, 11) is 0. The van der Waals surface area contributed by atoms with E-state index in [2.05, 4.69) is 11.9 Å². The molecule has 2 aromatic rings. The Labute approximate surface area is 125 Å². The van der Waals surface area contributed by atoms with Crippen LogP contribution in [0.15, 0.2) is 61.2 Å². The summed E-state index contributed by atoms with van der Waals surface area (Å²) in [6.07, 6.45) is 1.71. The molecule has 0 aromatic heterocycles. The van der Waals surface area contributed by atoms with Gasteiger partial charge in [0.25, 0.3) is 0 Å². The third-order valence-corrected chi connectivity index (χ3v) is 3.30. The summed E-state index contributed by atoms with van der Waals surface area (Å²) in [5, 5.41) is 3.33. The Hall–Kier alpha value is -2.13. The summed E-state index contributed by atoms with van der Waals surface area (Å²) in [4.78, 5) is 0. The van der Waals surface area contributed by atoms with Crippen molar-refractivity contribution >= 4 is 0 Å². The number of ether oxygens (including phenoxy) is 1. The van der Waals surface area contributed by atoms with Gasteiger partial charge in [0.05, 0.1) is 0 Å². The third kappa shape index (κ3) is 4.17. The molecule has 0 spiro atoms. The smallest absolute Gasteiger partial charge is 0.127 e. The molecule has 0 saturated heterocycles. The van der Waals surface area contributed by atoms with Crippen LogP contribution in [0.2, 0.25) is 0 Å². The Kier molecular flexibility index (Phi) is 5.52. The number of nitrogens with one attached hydrogen (secondary N) is 1. The Morgan fingerprint density at radius 2 is 1.90 bits per heavy atom. The highest BCUT2D eigenvalue weighted by atomic mass is 19.1. The van der Waals surface area contributed by atoms with Crippen molar-refractivity contribution in [2.45, 2.75) is 19.5 Å². The van der Waals surface area contributed by atoms with E-state index in [1.165, 1.54) is 6.07 Å². The van der Waals surface area contributed by atoms with Gasteiger partial charge in [-0.3, -0.25) is 0 Å². The van der Waals surface area contributed by atoms with Gasteiger partial charge in [0.1, 0.15) is 18.2 Å². The van der Waals surface area contributed by atoms with Gasteiger partial charge in [0, 0.05) is 23.7 Å². The van der Waals surface area contributed by atoms with Crippen LogP contribution in [0.25, 0.3) is 0 Å². The fraction of sp³-hybridized carbons (Fsp3) is 0.222. The standard InChI is InChI=1S/C18H20FNO/c1-3-12-21-18-11-7-4-8-15(18)13-20-14(2)16-9-5-6-10-17(16)19/h3-11,14,20H,1,12-13H2,2H3. The zero-order valence-electron chi connectivity index (χ0n) is 12.2. The summed E-state index contributed by atoms with van der Waals surface area (Å²) in [6.45, 7) is 6.68. The van der Waals surface area contributed by atoms with E-state index in [1.807, 2.05) is 37.3 Å². The first kappa shape index (κ1) is 15.3. The van der Waals surface area contributed by atoms with Gasteiger partial charge in [-0.15, -0.1) is 0 Å².